The Bertz CT molecular complexity index is 368. The third kappa shape index (κ3) is 2.23. The maximum absolute atomic E-state index is 12.8. The summed E-state index contributed by atoms with van der Waals surface area (Å²) in [6, 6.07) is 7.47. The summed E-state index contributed by atoms with van der Waals surface area (Å²) in [7, 11) is 0. The van der Waals surface area contributed by atoms with Crippen molar-refractivity contribution in [1.29, 1.82) is 0 Å². The van der Waals surface area contributed by atoms with E-state index in [9.17, 15) is 13.2 Å². The van der Waals surface area contributed by atoms with E-state index < -0.39 is 12.1 Å². The molecule has 0 spiro atoms. The average Bonchev–Trinajstić information content (AvgIpc) is 2.65. The van der Waals surface area contributed by atoms with Gasteiger partial charge < -0.3 is 0 Å². The molecular formula is C13H15F3. The highest BCUT2D eigenvalue weighted by Gasteiger charge is 2.47. The van der Waals surface area contributed by atoms with Gasteiger partial charge in [-0.05, 0) is 31.2 Å². The summed E-state index contributed by atoms with van der Waals surface area (Å²) in [6.07, 6.45) is -2.43. The fraction of sp³-hybridized carbons (Fsp3) is 0.538. The van der Waals surface area contributed by atoms with Crippen LogP contribution in [-0.4, -0.2) is 6.18 Å². The van der Waals surface area contributed by atoms with Crippen molar-refractivity contribution in [1.82, 2.24) is 0 Å². The smallest absolute Gasteiger partial charge is 0.171 e. The molecule has 88 valence electrons. The number of hydrogen-bond acceptors (Lipinski definition) is 0. The van der Waals surface area contributed by atoms with E-state index in [-0.39, 0.29) is 12.3 Å². The Morgan fingerprint density at radius 2 is 1.94 bits per heavy atom. The van der Waals surface area contributed by atoms with Crippen LogP contribution in [0.3, 0.4) is 0 Å². The molecule has 3 heteroatoms. The largest absolute Gasteiger partial charge is 0.392 e. The highest BCUT2D eigenvalue weighted by Crippen LogP contribution is 2.48. The van der Waals surface area contributed by atoms with Crippen LogP contribution in [0, 0.1) is 12.8 Å². The van der Waals surface area contributed by atoms with Gasteiger partial charge in [0.25, 0.3) is 0 Å². The predicted molar refractivity (Wildman–Crippen MR) is 57.3 cm³/mol. The van der Waals surface area contributed by atoms with Gasteiger partial charge in [0.2, 0.25) is 0 Å². The molecule has 1 fully saturated rings. The van der Waals surface area contributed by atoms with Crippen molar-refractivity contribution >= 4 is 0 Å². The van der Waals surface area contributed by atoms with Crippen molar-refractivity contribution in [2.24, 2.45) is 5.92 Å². The predicted octanol–water partition coefficient (Wildman–Crippen LogP) is 4.44. The number of aryl methyl sites for hydroxylation is 1. The van der Waals surface area contributed by atoms with Gasteiger partial charge in [-0.3, -0.25) is 0 Å². The van der Waals surface area contributed by atoms with E-state index in [1.165, 1.54) is 0 Å². The monoisotopic (exact) mass is 228 g/mol. The van der Waals surface area contributed by atoms with Crippen LogP contribution < -0.4 is 0 Å². The maximum atomic E-state index is 12.8. The average molecular weight is 228 g/mol. The molecular weight excluding hydrogens is 213 g/mol. The van der Waals surface area contributed by atoms with E-state index in [1.54, 1.807) is 0 Å². The van der Waals surface area contributed by atoms with Gasteiger partial charge >= 0.3 is 6.18 Å². The van der Waals surface area contributed by atoms with Crippen molar-refractivity contribution in [3.63, 3.8) is 0 Å². The zero-order chi connectivity index (χ0) is 11.8. The molecule has 0 amide bonds. The normalized spacial score (nSPS) is 26.0. The van der Waals surface area contributed by atoms with Crippen LogP contribution in [0.25, 0.3) is 0 Å². The third-order valence-corrected chi connectivity index (χ3v) is 3.41. The Hall–Kier alpha value is -0.990. The molecule has 16 heavy (non-hydrogen) atoms. The summed E-state index contributed by atoms with van der Waals surface area (Å²) in [5.41, 5.74) is 1.88. The molecule has 1 aromatic rings. The van der Waals surface area contributed by atoms with Crippen molar-refractivity contribution in [3.05, 3.63) is 35.4 Å². The Kier molecular flexibility index (Phi) is 2.96. The van der Waals surface area contributed by atoms with E-state index >= 15 is 0 Å². The summed E-state index contributed by atoms with van der Waals surface area (Å²) in [6.45, 7) is 1.92. The minimum Gasteiger partial charge on any atom is -0.171 e. The number of rotatable bonds is 1. The van der Waals surface area contributed by atoms with Crippen LogP contribution in [0.4, 0.5) is 13.2 Å². The quantitative estimate of drug-likeness (QED) is 0.666. The van der Waals surface area contributed by atoms with Gasteiger partial charge in [-0.15, -0.1) is 0 Å². The molecule has 0 heterocycles. The second-order valence-corrected chi connectivity index (χ2v) is 4.60. The first-order valence-electron chi connectivity index (χ1n) is 5.62. The maximum Gasteiger partial charge on any atom is 0.392 e. The molecule has 0 bridgehead atoms. The van der Waals surface area contributed by atoms with Crippen LogP contribution in [0.15, 0.2) is 24.3 Å². The Morgan fingerprint density at radius 1 is 1.19 bits per heavy atom. The summed E-state index contributed by atoms with van der Waals surface area (Å²) >= 11 is 0. The van der Waals surface area contributed by atoms with Crippen LogP contribution in [-0.2, 0) is 0 Å². The summed E-state index contributed by atoms with van der Waals surface area (Å²) in [5.74, 6) is -1.48. The standard InChI is InChI=1S/C13H15F3/c1-9-4-2-5-10(8-9)11-6-3-7-12(11)13(14,15)16/h2,4-5,8,11-12H,3,6-7H2,1H3. The fourth-order valence-electron chi connectivity index (χ4n) is 2.65. The Labute approximate surface area is 93.5 Å². The second kappa shape index (κ2) is 4.11. The highest BCUT2D eigenvalue weighted by atomic mass is 19.4. The lowest BCUT2D eigenvalue weighted by Crippen LogP contribution is -2.25. The molecule has 0 saturated heterocycles. The molecule has 0 aliphatic heterocycles. The Balaban J connectivity index is 2.27. The van der Waals surface area contributed by atoms with E-state index in [0.29, 0.717) is 12.8 Å². The number of halogens is 3. The first-order valence-corrected chi connectivity index (χ1v) is 5.62. The van der Waals surface area contributed by atoms with Crippen molar-refractivity contribution in [2.45, 2.75) is 38.3 Å². The zero-order valence-electron chi connectivity index (χ0n) is 9.22. The lowest BCUT2D eigenvalue weighted by molar-refractivity contribution is -0.176. The second-order valence-electron chi connectivity index (χ2n) is 4.60. The summed E-state index contributed by atoms with van der Waals surface area (Å²) in [4.78, 5) is 0. The molecule has 0 nitrogen and oxygen atoms in total. The lowest BCUT2D eigenvalue weighted by atomic mass is 9.88. The van der Waals surface area contributed by atoms with Gasteiger partial charge in [0.05, 0.1) is 5.92 Å². The van der Waals surface area contributed by atoms with Gasteiger partial charge in [0.15, 0.2) is 0 Å². The lowest BCUT2D eigenvalue weighted by Gasteiger charge is -2.22. The molecule has 2 unspecified atom stereocenters. The first-order chi connectivity index (χ1) is 7.48. The zero-order valence-corrected chi connectivity index (χ0v) is 9.22. The minimum atomic E-state index is -4.05. The summed E-state index contributed by atoms with van der Waals surface area (Å²) in [5, 5.41) is 0. The van der Waals surface area contributed by atoms with Gasteiger partial charge in [0, 0.05) is 0 Å². The molecule has 1 aliphatic carbocycles. The first kappa shape index (κ1) is 11.5. The molecule has 0 radical (unpaired) electrons. The Morgan fingerprint density at radius 3 is 2.56 bits per heavy atom. The van der Waals surface area contributed by atoms with Crippen molar-refractivity contribution in [3.8, 4) is 0 Å². The SMILES string of the molecule is Cc1cccc(C2CCCC2C(F)(F)F)c1. The molecule has 1 saturated carbocycles. The fourth-order valence-corrected chi connectivity index (χ4v) is 2.65. The molecule has 0 N–H and O–H groups in total. The number of alkyl halides is 3. The van der Waals surface area contributed by atoms with Crippen LogP contribution in [0.2, 0.25) is 0 Å². The van der Waals surface area contributed by atoms with E-state index in [4.69, 9.17) is 0 Å². The van der Waals surface area contributed by atoms with Gasteiger partial charge in [-0.25, -0.2) is 0 Å². The molecule has 1 aliphatic rings. The van der Waals surface area contributed by atoms with Crippen molar-refractivity contribution < 1.29 is 13.2 Å². The number of hydrogen-bond donors (Lipinski definition) is 0. The van der Waals surface area contributed by atoms with Crippen LogP contribution in [0.1, 0.15) is 36.3 Å². The highest BCUT2D eigenvalue weighted by molar-refractivity contribution is 5.27. The van der Waals surface area contributed by atoms with Crippen LogP contribution in [0.5, 0.6) is 0 Å². The van der Waals surface area contributed by atoms with Gasteiger partial charge in [0.1, 0.15) is 0 Å². The molecule has 2 atom stereocenters. The van der Waals surface area contributed by atoms with Crippen molar-refractivity contribution in [2.75, 3.05) is 0 Å². The molecule has 2 rings (SSSR count). The van der Waals surface area contributed by atoms with Gasteiger partial charge in [-0.2, -0.15) is 13.2 Å². The molecule has 0 aromatic heterocycles. The molecule has 1 aromatic carbocycles. The van der Waals surface area contributed by atoms with E-state index in [2.05, 4.69) is 0 Å². The number of benzene rings is 1. The van der Waals surface area contributed by atoms with Crippen LogP contribution >= 0.6 is 0 Å². The summed E-state index contributed by atoms with van der Waals surface area (Å²) < 4.78 is 38.4. The topological polar surface area (TPSA) is 0 Å². The van der Waals surface area contributed by atoms with Gasteiger partial charge in [-0.1, -0.05) is 36.2 Å². The van der Waals surface area contributed by atoms with E-state index in [1.807, 2.05) is 31.2 Å². The van der Waals surface area contributed by atoms with E-state index in [0.717, 1.165) is 11.1 Å². The third-order valence-electron chi connectivity index (χ3n) is 3.41. The minimum absolute atomic E-state index is 0.280.